The predicted molar refractivity (Wildman–Crippen MR) is 137 cm³/mol. The fourth-order valence-corrected chi connectivity index (χ4v) is 4.07. The normalized spacial score (nSPS) is 11.8. The zero-order valence-electron chi connectivity index (χ0n) is 20.4. The van der Waals surface area contributed by atoms with Crippen LogP contribution in [-0.4, -0.2) is 27.1 Å². The number of benzene rings is 3. The summed E-state index contributed by atoms with van der Waals surface area (Å²) >= 11 is 0. The van der Waals surface area contributed by atoms with E-state index < -0.39 is 12.1 Å². The lowest BCUT2D eigenvalue weighted by atomic mass is 10.1. The van der Waals surface area contributed by atoms with Gasteiger partial charge in [0.15, 0.2) is 0 Å². The summed E-state index contributed by atoms with van der Waals surface area (Å²) in [4.78, 5) is 28.2. The predicted octanol–water partition coefficient (Wildman–Crippen LogP) is 6.02. The summed E-state index contributed by atoms with van der Waals surface area (Å²) in [6.07, 6.45) is 1.93. The maximum Gasteiger partial charge on any atom is 0.352 e. The van der Waals surface area contributed by atoms with Gasteiger partial charge in [-0.3, -0.25) is 10.1 Å². The molecule has 0 bridgehead atoms. The number of carbonyl (C=O) groups is 1. The number of nitro benzene ring substituents is 1. The zero-order chi connectivity index (χ0) is 25.5. The van der Waals surface area contributed by atoms with Gasteiger partial charge in [-0.25, -0.2) is 9.78 Å². The standard InChI is InChI=1S/C28H29N3O5/c1-3-5-11-26-29-24-17-14-22(31(33)34)18-25(24)30(26)19-20-12-15-23(16-13-20)36-27(28(32)35-4-2)21-9-7-6-8-10-21/h6-10,12-18,27H,3-5,11,19H2,1-2H3. The third-order valence-electron chi connectivity index (χ3n) is 5.90. The Morgan fingerprint density at radius 1 is 1.06 bits per heavy atom. The number of aromatic nitrogens is 2. The van der Waals surface area contributed by atoms with Gasteiger partial charge in [0.2, 0.25) is 6.10 Å². The van der Waals surface area contributed by atoms with Crippen LogP contribution in [0.2, 0.25) is 0 Å². The highest BCUT2D eigenvalue weighted by atomic mass is 16.6. The van der Waals surface area contributed by atoms with Gasteiger partial charge in [-0.1, -0.05) is 55.8 Å². The monoisotopic (exact) mass is 487 g/mol. The molecule has 0 spiro atoms. The summed E-state index contributed by atoms with van der Waals surface area (Å²) in [6, 6.07) is 21.5. The molecular weight excluding hydrogens is 458 g/mol. The van der Waals surface area contributed by atoms with Gasteiger partial charge in [-0.05, 0) is 37.1 Å². The Morgan fingerprint density at radius 2 is 1.81 bits per heavy atom. The summed E-state index contributed by atoms with van der Waals surface area (Å²) in [5, 5.41) is 11.3. The number of nitro groups is 1. The molecule has 1 unspecified atom stereocenters. The number of unbranched alkanes of at least 4 members (excludes halogenated alkanes) is 1. The highest BCUT2D eigenvalue weighted by molar-refractivity contribution is 5.79. The lowest BCUT2D eigenvalue weighted by Gasteiger charge is -2.18. The summed E-state index contributed by atoms with van der Waals surface area (Å²) in [7, 11) is 0. The van der Waals surface area contributed by atoms with Gasteiger partial charge in [0.25, 0.3) is 5.69 Å². The van der Waals surface area contributed by atoms with Gasteiger partial charge in [0.1, 0.15) is 11.6 Å². The Labute approximate surface area is 209 Å². The number of hydrogen-bond acceptors (Lipinski definition) is 6. The highest BCUT2D eigenvalue weighted by Crippen LogP contribution is 2.26. The van der Waals surface area contributed by atoms with Crippen LogP contribution in [0.25, 0.3) is 11.0 Å². The Bertz CT molecular complexity index is 1330. The number of aryl methyl sites for hydroxylation is 1. The van der Waals surface area contributed by atoms with Crippen molar-refractivity contribution in [1.29, 1.82) is 0 Å². The Balaban J connectivity index is 1.59. The third kappa shape index (κ3) is 5.71. The first-order chi connectivity index (χ1) is 17.5. The van der Waals surface area contributed by atoms with Crippen LogP contribution in [0.3, 0.4) is 0 Å². The van der Waals surface area contributed by atoms with Gasteiger partial charge >= 0.3 is 5.97 Å². The molecule has 36 heavy (non-hydrogen) atoms. The lowest BCUT2D eigenvalue weighted by molar-refractivity contribution is -0.384. The van der Waals surface area contributed by atoms with Crippen LogP contribution >= 0.6 is 0 Å². The molecule has 0 saturated heterocycles. The fourth-order valence-electron chi connectivity index (χ4n) is 4.07. The second-order valence-corrected chi connectivity index (χ2v) is 8.45. The maximum absolute atomic E-state index is 12.5. The van der Waals surface area contributed by atoms with Gasteiger partial charge in [0, 0.05) is 30.7 Å². The minimum atomic E-state index is -0.865. The number of fused-ring (bicyclic) bond motifs is 1. The van der Waals surface area contributed by atoms with Crippen LogP contribution < -0.4 is 4.74 Å². The SMILES string of the molecule is CCCCc1nc2ccc([N+](=O)[O-])cc2n1Cc1ccc(OC(C(=O)OCC)c2ccccc2)cc1. The zero-order valence-corrected chi connectivity index (χ0v) is 20.4. The summed E-state index contributed by atoms with van der Waals surface area (Å²) < 4.78 is 13.3. The van der Waals surface area contributed by atoms with E-state index in [1.54, 1.807) is 19.1 Å². The molecule has 0 saturated carbocycles. The van der Waals surface area contributed by atoms with Crippen molar-refractivity contribution in [2.75, 3.05) is 6.61 Å². The van der Waals surface area contributed by atoms with Crippen molar-refractivity contribution in [3.8, 4) is 5.75 Å². The van der Waals surface area contributed by atoms with E-state index in [1.165, 1.54) is 6.07 Å². The van der Waals surface area contributed by atoms with Crippen molar-refractivity contribution in [2.24, 2.45) is 0 Å². The quantitative estimate of drug-likeness (QED) is 0.146. The number of imidazole rings is 1. The molecule has 1 heterocycles. The van der Waals surface area contributed by atoms with Crippen LogP contribution in [0.1, 0.15) is 49.7 Å². The van der Waals surface area contributed by atoms with Crippen molar-refractivity contribution in [3.05, 3.63) is 99.9 Å². The van der Waals surface area contributed by atoms with Gasteiger partial charge < -0.3 is 14.0 Å². The number of nitrogens with zero attached hydrogens (tertiary/aromatic N) is 3. The smallest absolute Gasteiger partial charge is 0.352 e. The van der Waals surface area contributed by atoms with E-state index in [9.17, 15) is 14.9 Å². The van der Waals surface area contributed by atoms with Crippen molar-refractivity contribution >= 4 is 22.7 Å². The molecule has 0 aliphatic carbocycles. The lowest BCUT2D eigenvalue weighted by Crippen LogP contribution is -2.21. The molecular formula is C28H29N3O5. The van der Waals surface area contributed by atoms with Gasteiger partial charge in [-0.2, -0.15) is 0 Å². The Hall–Kier alpha value is -4.20. The molecule has 0 N–H and O–H groups in total. The van der Waals surface area contributed by atoms with E-state index in [0.717, 1.165) is 41.7 Å². The van der Waals surface area contributed by atoms with Crippen LogP contribution in [0.15, 0.2) is 72.8 Å². The van der Waals surface area contributed by atoms with E-state index in [0.29, 0.717) is 17.9 Å². The average molecular weight is 488 g/mol. The molecule has 186 valence electrons. The fraction of sp³-hybridized carbons (Fsp3) is 0.286. The number of ether oxygens (including phenoxy) is 2. The molecule has 8 heteroatoms. The number of hydrogen-bond donors (Lipinski definition) is 0. The maximum atomic E-state index is 12.5. The molecule has 1 aromatic heterocycles. The number of esters is 1. The molecule has 3 aromatic carbocycles. The number of non-ortho nitro benzene ring substituents is 1. The first-order valence-corrected chi connectivity index (χ1v) is 12.1. The average Bonchev–Trinajstić information content (AvgIpc) is 3.23. The van der Waals surface area contributed by atoms with Gasteiger partial charge in [0.05, 0.1) is 22.6 Å². The first-order valence-electron chi connectivity index (χ1n) is 12.1. The Morgan fingerprint density at radius 3 is 2.47 bits per heavy atom. The molecule has 4 rings (SSSR count). The van der Waals surface area contributed by atoms with E-state index in [4.69, 9.17) is 14.5 Å². The summed E-state index contributed by atoms with van der Waals surface area (Å²) in [5.74, 6) is 0.997. The van der Waals surface area contributed by atoms with E-state index in [1.807, 2.05) is 59.2 Å². The highest BCUT2D eigenvalue weighted by Gasteiger charge is 2.24. The largest absolute Gasteiger partial charge is 0.474 e. The third-order valence-corrected chi connectivity index (χ3v) is 5.90. The molecule has 0 amide bonds. The van der Waals surface area contributed by atoms with Crippen LogP contribution in [0.5, 0.6) is 5.75 Å². The summed E-state index contributed by atoms with van der Waals surface area (Å²) in [6.45, 7) is 4.66. The molecule has 0 radical (unpaired) electrons. The van der Waals surface area contributed by atoms with Crippen molar-refractivity contribution in [2.45, 2.75) is 45.8 Å². The van der Waals surface area contributed by atoms with Crippen molar-refractivity contribution in [3.63, 3.8) is 0 Å². The minimum Gasteiger partial charge on any atom is -0.474 e. The summed E-state index contributed by atoms with van der Waals surface area (Å²) in [5.41, 5.74) is 3.22. The van der Waals surface area contributed by atoms with E-state index in [2.05, 4.69) is 6.92 Å². The molecule has 0 fully saturated rings. The van der Waals surface area contributed by atoms with Gasteiger partial charge in [-0.15, -0.1) is 0 Å². The number of carbonyl (C=O) groups excluding carboxylic acids is 1. The molecule has 4 aromatic rings. The first kappa shape index (κ1) is 24.9. The second kappa shape index (κ2) is 11.5. The van der Waals surface area contributed by atoms with E-state index >= 15 is 0 Å². The second-order valence-electron chi connectivity index (χ2n) is 8.45. The molecule has 0 aliphatic rings. The van der Waals surface area contributed by atoms with Crippen molar-refractivity contribution < 1.29 is 19.2 Å². The topological polar surface area (TPSA) is 96.5 Å². The molecule has 8 nitrogen and oxygen atoms in total. The number of rotatable bonds is 11. The van der Waals surface area contributed by atoms with Crippen LogP contribution in [-0.2, 0) is 22.5 Å². The molecule has 1 atom stereocenters. The van der Waals surface area contributed by atoms with Crippen LogP contribution in [0.4, 0.5) is 5.69 Å². The molecule has 0 aliphatic heterocycles. The minimum absolute atomic E-state index is 0.0420. The Kier molecular flexibility index (Phi) is 7.95. The van der Waals surface area contributed by atoms with Crippen molar-refractivity contribution in [1.82, 2.24) is 9.55 Å². The van der Waals surface area contributed by atoms with E-state index in [-0.39, 0.29) is 17.2 Å². The van der Waals surface area contributed by atoms with Crippen LogP contribution in [0, 0.1) is 10.1 Å².